The Balaban J connectivity index is 1.50. The van der Waals surface area contributed by atoms with Crippen LogP contribution in [0.1, 0.15) is 5.76 Å². The Morgan fingerprint density at radius 3 is 2.85 bits per heavy atom. The largest absolute Gasteiger partial charge is 0.467 e. The lowest BCUT2D eigenvalue weighted by Gasteiger charge is -2.05. The van der Waals surface area contributed by atoms with Crippen molar-refractivity contribution in [3.05, 3.63) is 71.0 Å². The molecule has 0 aliphatic carbocycles. The quantitative estimate of drug-likeness (QED) is 0.391. The predicted octanol–water partition coefficient (Wildman–Crippen LogP) is 2.11. The molecule has 0 aliphatic heterocycles. The predicted molar refractivity (Wildman–Crippen MR) is 101 cm³/mol. The maximum atomic E-state index is 12.3. The molecule has 9 heteroatoms. The van der Waals surface area contributed by atoms with Crippen LogP contribution in [-0.2, 0) is 11.3 Å². The number of nitrogens with zero attached hydrogens (tertiary/aromatic N) is 3. The number of fused-ring (bicyclic) bond motifs is 1. The van der Waals surface area contributed by atoms with E-state index in [1.54, 1.807) is 23.1 Å². The maximum absolute atomic E-state index is 12.3. The summed E-state index contributed by atoms with van der Waals surface area (Å²) in [5, 5.41) is 7.76. The van der Waals surface area contributed by atoms with E-state index in [9.17, 15) is 9.59 Å². The fourth-order valence-corrected chi connectivity index (χ4v) is 3.19. The molecule has 4 aromatic rings. The van der Waals surface area contributed by atoms with Gasteiger partial charge < -0.3 is 14.7 Å². The van der Waals surface area contributed by atoms with E-state index < -0.39 is 0 Å². The molecule has 0 saturated heterocycles. The monoisotopic (exact) mass is 381 g/mol. The van der Waals surface area contributed by atoms with Crippen LogP contribution in [0.4, 0.5) is 0 Å². The Bertz CT molecular complexity index is 1120. The molecule has 0 bridgehead atoms. The molecular formula is C18H15N5O3S. The number of carbonyl (C=O) groups excluding carboxylic acids is 1. The Morgan fingerprint density at radius 1 is 1.22 bits per heavy atom. The van der Waals surface area contributed by atoms with Gasteiger partial charge in [0.25, 0.3) is 5.56 Å². The number of thioether (sulfide) groups is 1. The van der Waals surface area contributed by atoms with E-state index in [1.165, 1.54) is 6.20 Å². The average molecular weight is 381 g/mol. The molecule has 0 unspecified atom stereocenters. The van der Waals surface area contributed by atoms with Crippen molar-refractivity contribution in [2.75, 3.05) is 5.75 Å². The van der Waals surface area contributed by atoms with E-state index in [2.05, 4.69) is 20.4 Å². The number of benzene rings is 1. The van der Waals surface area contributed by atoms with Gasteiger partial charge in [0.2, 0.25) is 5.91 Å². The fraction of sp³-hybridized carbons (Fsp3) is 0.111. The van der Waals surface area contributed by atoms with Crippen molar-refractivity contribution in [1.29, 1.82) is 0 Å². The van der Waals surface area contributed by atoms with Crippen LogP contribution in [0.2, 0.25) is 0 Å². The summed E-state index contributed by atoms with van der Waals surface area (Å²) in [6.45, 7) is 0.316. The first-order valence-electron chi connectivity index (χ1n) is 8.16. The van der Waals surface area contributed by atoms with E-state index in [1.807, 2.05) is 30.3 Å². The second kappa shape index (κ2) is 7.50. The van der Waals surface area contributed by atoms with Crippen molar-refractivity contribution in [1.82, 2.24) is 25.1 Å². The number of H-pyrrole nitrogens is 1. The number of aromatic nitrogens is 4. The zero-order valence-electron chi connectivity index (χ0n) is 14.1. The summed E-state index contributed by atoms with van der Waals surface area (Å²) < 4.78 is 6.77. The summed E-state index contributed by atoms with van der Waals surface area (Å²) in [6.07, 6.45) is 3.04. The zero-order chi connectivity index (χ0) is 18.6. The van der Waals surface area contributed by atoms with Crippen molar-refractivity contribution in [2.24, 2.45) is 0 Å². The number of hydrogen-bond donors (Lipinski definition) is 2. The summed E-state index contributed by atoms with van der Waals surface area (Å²) in [4.78, 5) is 31.4. The summed E-state index contributed by atoms with van der Waals surface area (Å²) in [5.41, 5.74) is 0.960. The van der Waals surface area contributed by atoms with Gasteiger partial charge in [0, 0.05) is 0 Å². The highest BCUT2D eigenvalue weighted by molar-refractivity contribution is 7.99. The first kappa shape index (κ1) is 17.1. The van der Waals surface area contributed by atoms with Crippen LogP contribution in [-0.4, -0.2) is 31.4 Å². The van der Waals surface area contributed by atoms with Crippen LogP contribution in [0.25, 0.3) is 16.7 Å². The fourth-order valence-electron chi connectivity index (χ4n) is 2.51. The van der Waals surface area contributed by atoms with Gasteiger partial charge in [-0.05, 0) is 24.3 Å². The Hall–Kier alpha value is -3.33. The normalized spacial score (nSPS) is 11.0. The van der Waals surface area contributed by atoms with Gasteiger partial charge >= 0.3 is 0 Å². The molecule has 0 fully saturated rings. The summed E-state index contributed by atoms with van der Waals surface area (Å²) >= 11 is 1.15. The summed E-state index contributed by atoms with van der Waals surface area (Å²) in [7, 11) is 0. The highest BCUT2D eigenvalue weighted by Crippen LogP contribution is 2.17. The molecule has 0 saturated carbocycles. The molecule has 8 nitrogen and oxygen atoms in total. The minimum atomic E-state index is -0.291. The second-order valence-electron chi connectivity index (χ2n) is 5.65. The number of para-hydroxylation sites is 1. The number of nitrogens with one attached hydrogen (secondary N) is 2. The van der Waals surface area contributed by atoms with Crippen LogP contribution in [0.5, 0.6) is 0 Å². The molecule has 0 spiro atoms. The molecule has 1 amide bonds. The van der Waals surface area contributed by atoms with Crippen molar-refractivity contribution < 1.29 is 9.21 Å². The van der Waals surface area contributed by atoms with Gasteiger partial charge in [-0.3, -0.25) is 9.59 Å². The first-order valence-corrected chi connectivity index (χ1v) is 9.14. The Morgan fingerprint density at radius 2 is 2.07 bits per heavy atom. The van der Waals surface area contributed by atoms with Gasteiger partial charge in [0.05, 0.1) is 30.4 Å². The molecule has 3 aromatic heterocycles. The number of carbonyl (C=O) groups is 1. The third-order valence-electron chi connectivity index (χ3n) is 3.80. The third kappa shape index (κ3) is 3.77. The SMILES string of the molecule is O=C(CSc1nc2c(cnn2-c2ccccc2)c(=O)[nH]1)NCc1ccco1. The van der Waals surface area contributed by atoms with E-state index in [0.29, 0.717) is 28.5 Å². The highest BCUT2D eigenvalue weighted by Gasteiger charge is 2.13. The number of rotatable bonds is 6. The zero-order valence-corrected chi connectivity index (χ0v) is 14.9. The topological polar surface area (TPSA) is 106 Å². The molecule has 3 heterocycles. The first-order chi connectivity index (χ1) is 13.2. The van der Waals surface area contributed by atoms with Gasteiger partial charge in [0.15, 0.2) is 10.8 Å². The van der Waals surface area contributed by atoms with Gasteiger partial charge in [-0.1, -0.05) is 30.0 Å². The molecule has 0 radical (unpaired) electrons. The van der Waals surface area contributed by atoms with Crippen LogP contribution < -0.4 is 10.9 Å². The Labute approximate surface area is 157 Å². The number of amides is 1. The minimum Gasteiger partial charge on any atom is -0.467 e. The molecule has 0 atom stereocenters. The van der Waals surface area contributed by atoms with Gasteiger partial charge in [-0.2, -0.15) is 5.10 Å². The standard InChI is InChI=1S/C18H15N5O3S/c24-15(19-9-13-7-4-8-26-13)11-27-18-21-16-14(17(25)22-18)10-20-23(16)12-5-2-1-3-6-12/h1-8,10H,9,11H2,(H,19,24)(H,21,22,25). The second-order valence-corrected chi connectivity index (χ2v) is 6.61. The van der Waals surface area contributed by atoms with Crippen LogP contribution in [0.15, 0.2) is 69.3 Å². The van der Waals surface area contributed by atoms with Crippen molar-refractivity contribution >= 4 is 28.7 Å². The minimum absolute atomic E-state index is 0.120. The van der Waals surface area contributed by atoms with Crippen LogP contribution in [0, 0.1) is 0 Å². The molecule has 136 valence electrons. The number of furan rings is 1. The molecule has 1 aromatic carbocycles. The van der Waals surface area contributed by atoms with E-state index in [-0.39, 0.29) is 17.2 Å². The summed E-state index contributed by atoms with van der Waals surface area (Å²) in [6, 6.07) is 13.0. The van der Waals surface area contributed by atoms with Crippen molar-refractivity contribution in [2.45, 2.75) is 11.7 Å². The van der Waals surface area contributed by atoms with Crippen molar-refractivity contribution in [3.63, 3.8) is 0 Å². The summed E-state index contributed by atoms with van der Waals surface area (Å²) in [5.74, 6) is 0.609. The average Bonchev–Trinajstić information content (AvgIpc) is 3.35. The Kier molecular flexibility index (Phi) is 4.75. The van der Waals surface area contributed by atoms with E-state index >= 15 is 0 Å². The van der Waals surface area contributed by atoms with E-state index in [4.69, 9.17) is 4.42 Å². The highest BCUT2D eigenvalue weighted by atomic mass is 32.2. The van der Waals surface area contributed by atoms with Crippen LogP contribution in [0.3, 0.4) is 0 Å². The van der Waals surface area contributed by atoms with Gasteiger partial charge in [-0.25, -0.2) is 9.67 Å². The number of aromatic amines is 1. The molecule has 27 heavy (non-hydrogen) atoms. The van der Waals surface area contributed by atoms with Gasteiger partial charge in [0.1, 0.15) is 11.1 Å². The molecular weight excluding hydrogens is 366 g/mol. The maximum Gasteiger partial charge on any atom is 0.262 e. The lowest BCUT2D eigenvalue weighted by atomic mass is 10.3. The lowest BCUT2D eigenvalue weighted by molar-refractivity contribution is -0.118. The van der Waals surface area contributed by atoms with Crippen molar-refractivity contribution in [3.8, 4) is 5.69 Å². The third-order valence-corrected chi connectivity index (χ3v) is 4.67. The lowest BCUT2D eigenvalue weighted by Crippen LogP contribution is -2.24. The van der Waals surface area contributed by atoms with E-state index in [0.717, 1.165) is 17.4 Å². The molecule has 4 rings (SSSR count). The van der Waals surface area contributed by atoms with Gasteiger partial charge in [-0.15, -0.1) is 0 Å². The smallest absolute Gasteiger partial charge is 0.262 e. The number of hydrogen-bond acceptors (Lipinski definition) is 6. The molecule has 0 aliphatic rings. The molecule has 2 N–H and O–H groups in total. The van der Waals surface area contributed by atoms with Crippen LogP contribution >= 0.6 is 11.8 Å².